The van der Waals surface area contributed by atoms with Gasteiger partial charge < -0.3 is 14.6 Å². The largest absolute Gasteiger partial charge is 0.497 e. The number of para-hydroxylation sites is 1. The molecule has 8 nitrogen and oxygen atoms in total. The van der Waals surface area contributed by atoms with Gasteiger partial charge in [0.1, 0.15) is 16.4 Å². The van der Waals surface area contributed by atoms with Gasteiger partial charge in [0, 0.05) is 25.6 Å². The minimum atomic E-state index is -5.08. The highest BCUT2D eigenvalue weighted by molar-refractivity contribution is 7.89. The molecule has 2 aromatic carbocycles. The van der Waals surface area contributed by atoms with Crippen molar-refractivity contribution >= 4 is 16.0 Å². The number of piperidine rings is 1. The van der Waals surface area contributed by atoms with Crippen molar-refractivity contribution in [3.63, 3.8) is 0 Å². The van der Waals surface area contributed by atoms with Crippen LogP contribution in [-0.4, -0.2) is 75.3 Å². The number of methoxy groups -OCH3 is 1. The number of likely N-dealkylation sites (tertiary alicyclic amines) is 1. The molecule has 4 rings (SSSR count). The second kappa shape index (κ2) is 11.1. The molecule has 0 amide bonds. The summed E-state index contributed by atoms with van der Waals surface area (Å²) in [6.07, 6.45) is -3.27. The van der Waals surface area contributed by atoms with E-state index in [2.05, 4.69) is 17.0 Å². The molecule has 1 spiro atoms. The molecule has 36 heavy (non-hydrogen) atoms. The van der Waals surface area contributed by atoms with E-state index >= 15 is 0 Å². The lowest BCUT2D eigenvalue weighted by atomic mass is 9.78. The van der Waals surface area contributed by atoms with Gasteiger partial charge in [-0.05, 0) is 55.8 Å². The van der Waals surface area contributed by atoms with E-state index in [0.29, 0.717) is 18.9 Å². The summed E-state index contributed by atoms with van der Waals surface area (Å²) in [5.41, 5.74) is 1.09. The normalized spacial score (nSPS) is 19.6. The number of rotatable bonds is 3. The second-order valence-corrected chi connectivity index (χ2v) is 10.9. The lowest BCUT2D eigenvalue weighted by Crippen LogP contribution is -2.50. The highest BCUT2D eigenvalue weighted by Crippen LogP contribution is 2.38. The molecule has 0 bridgehead atoms. The van der Waals surface area contributed by atoms with Gasteiger partial charge in [-0.2, -0.15) is 13.2 Å². The van der Waals surface area contributed by atoms with Crippen LogP contribution < -0.4 is 9.47 Å². The third-order valence-electron chi connectivity index (χ3n) is 6.35. The Morgan fingerprint density at radius 1 is 1.11 bits per heavy atom. The SMILES string of the molecule is COc1ccc(CN2CCC3(CC2)COc2ccccc2S(=O)(=O)N(C)C3)cc1.O=C(O)C(F)(F)F. The number of fused-ring (bicyclic) bond motifs is 1. The lowest BCUT2D eigenvalue weighted by Gasteiger charge is -2.44. The number of sulfonamides is 1. The van der Waals surface area contributed by atoms with Gasteiger partial charge in [-0.1, -0.05) is 24.3 Å². The van der Waals surface area contributed by atoms with E-state index in [1.165, 1.54) is 9.87 Å². The first-order valence-electron chi connectivity index (χ1n) is 11.2. The van der Waals surface area contributed by atoms with Crippen LogP contribution in [0, 0.1) is 5.41 Å². The first-order chi connectivity index (χ1) is 16.9. The topological polar surface area (TPSA) is 96.4 Å². The van der Waals surface area contributed by atoms with Gasteiger partial charge in [0.15, 0.2) is 0 Å². The quantitative estimate of drug-likeness (QED) is 0.648. The maximum absolute atomic E-state index is 13.0. The monoisotopic (exact) mass is 530 g/mol. The van der Waals surface area contributed by atoms with Crippen molar-refractivity contribution in [1.29, 1.82) is 0 Å². The van der Waals surface area contributed by atoms with E-state index in [1.54, 1.807) is 32.4 Å². The number of ether oxygens (including phenoxy) is 2. The molecule has 198 valence electrons. The molecule has 0 saturated carbocycles. The number of nitrogens with zero attached hydrogens (tertiary/aromatic N) is 2. The molecule has 2 aliphatic heterocycles. The zero-order valence-electron chi connectivity index (χ0n) is 20.0. The third-order valence-corrected chi connectivity index (χ3v) is 8.20. The molecule has 0 unspecified atom stereocenters. The number of benzene rings is 2. The molecule has 1 N–H and O–H groups in total. The molecule has 2 aliphatic rings. The lowest BCUT2D eigenvalue weighted by molar-refractivity contribution is -0.192. The summed E-state index contributed by atoms with van der Waals surface area (Å²) in [7, 11) is -0.186. The Morgan fingerprint density at radius 2 is 1.69 bits per heavy atom. The molecule has 2 heterocycles. The van der Waals surface area contributed by atoms with Gasteiger partial charge >= 0.3 is 12.1 Å². The smallest absolute Gasteiger partial charge is 0.490 e. The molecule has 0 aliphatic carbocycles. The van der Waals surface area contributed by atoms with Crippen molar-refractivity contribution in [3.8, 4) is 11.5 Å². The Hall–Kier alpha value is -2.83. The van der Waals surface area contributed by atoms with Gasteiger partial charge in [0.25, 0.3) is 0 Å². The molecular formula is C24H29F3N2O6S. The Morgan fingerprint density at radius 3 is 2.25 bits per heavy atom. The molecule has 1 saturated heterocycles. The molecule has 0 radical (unpaired) electrons. The van der Waals surface area contributed by atoms with Crippen molar-refractivity contribution in [2.24, 2.45) is 5.41 Å². The maximum atomic E-state index is 13.0. The average Bonchev–Trinajstić information content (AvgIpc) is 2.84. The minimum absolute atomic E-state index is 0.161. The standard InChI is InChI=1S/C22H28N2O4S.C2HF3O2/c1-23-16-22(17-28-20-5-3-4-6-21(20)29(23,25)26)11-13-24(14-12-22)15-18-7-9-19(27-2)10-8-18;3-2(4,5)1(6)7/h3-10H,11-17H2,1-2H3;(H,6,7). The van der Waals surface area contributed by atoms with E-state index < -0.39 is 22.2 Å². The fourth-order valence-electron chi connectivity index (χ4n) is 4.26. The first-order valence-corrected chi connectivity index (χ1v) is 12.6. The van der Waals surface area contributed by atoms with Crippen LogP contribution in [0.3, 0.4) is 0 Å². The molecular weight excluding hydrogens is 501 g/mol. The number of halogens is 3. The fourth-order valence-corrected chi connectivity index (χ4v) is 5.67. The Labute approximate surface area is 208 Å². The number of carbonyl (C=O) groups is 1. The zero-order chi connectivity index (χ0) is 26.6. The summed E-state index contributed by atoms with van der Waals surface area (Å²) >= 11 is 0. The fraction of sp³-hybridized carbons (Fsp3) is 0.458. The van der Waals surface area contributed by atoms with E-state index in [9.17, 15) is 21.6 Å². The van der Waals surface area contributed by atoms with Crippen LogP contribution >= 0.6 is 0 Å². The van der Waals surface area contributed by atoms with Crippen LogP contribution in [0.15, 0.2) is 53.4 Å². The molecule has 0 aromatic heterocycles. The van der Waals surface area contributed by atoms with E-state index in [0.717, 1.165) is 38.2 Å². The number of carboxylic acid groups (broad SMARTS) is 1. The highest BCUT2D eigenvalue weighted by Gasteiger charge is 2.41. The van der Waals surface area contributed by atoms with Crippen LogP contribution in [-0.2, 0) is 21.4 Å². The summed E-state index contributed by atoms with van der Waals surface area (Å²) in [5.74, 6) is -1.44. The van der Waals surface area contributed by atoms with Crippen molar-refractivity contribution in [1.82, 2.24) is 9.21 Å². The number of alkyl halides is 3. The third kappa shape index (κ3) is 6.68. The van der Waals surface area contributed by atoms with Gasteiger partial charge in [0.05, 0.1) is 13.7 Å². The van der Waals surface area contributed by atoms with Crippen LogP contribution in [0.2, 0.25) is 0 Å². The zero-order valence-corrected chi connectivity index (χ0v) is 20.8. The van der Waals surface area contributed by atoms with Crippen molar-refractivity contribution in [2.45, 2.75) is 30.5 Å². The summed E-state index contributed by atoms with van der Waals surface area (Å²) in [4.78, 5) is 11.6. The van der Waals surface area contributed by atoms with Gasteiger partial charge in [-0.3, -0.25) is 4.90 Å². The molecule has 12 heteroatoms. The van der Waals surface area contributed by atoms with E-state index in [1.807, 2.05) is 18.2 Å². The van der Waals surface area contributed by atoms with Gasteiger partial charge in [0.2, 0.25) is 10.0 Å². The number of hydrogen-bond donors (Lipinski definition) is 1. The summed E-state index contributed by atoms with van der Waals surface area (Å²) in [6.45, 7) is 3.76. The second-order valence-electron chi connectivity index (χ2n) is 8.92. The number of carboxylic acids is 1. The summed E-state index contributed by atoms with van der Waals surface area (Å²) in [5, 5.41) is 7.12. The van der Waals surface area contributed by atoms with Crippen molar-refractivity contribution in [3.05, 3.63) is 54.1 Å². The maximum Gasteiger partial charge on any atom is 0.490 e. The predicted molar refractivity (Wildman–Crippen MR) is 125 cm³/mol. The van der Waals surface area contributed by atoms with Crippen molar-refractivity contribution in [2.75, 3.05) is 40.4 Å². The van der Waals surface area contributed by atoms with Crippen LogP contribution in [0.5, 0.6) is 11.5 Å². The first kappa shape index (κ1) is 27.8. The molecule has 2 aromatic rings. The summed E-state index contributed by atoms with van der Waals surface area (Å²) in [6, 6.07) is 15.1. The predicted octanol–water partition coefficient (Wildman–Crippen LogP) is 3.62. The summed E-state index contributed by atoms with van der Waals surface area (Å²) < 4.78 is 70.5. The average molecular weight is 531 g/mol. The molecule has 0 atom stereocenters. The van der Waals surface area contributed by atoms with Crippen molar-refractivity contribution < 1.29 is 41.0 Å². The van der Waals surface area contributed by atoms with E-state index in [-0.39, 0.29) is 10.3 Å². The van der Waals surface area contributed by atoms with Gasteiger partial charge in [-0.25, -0.2) is 17.5 Å². The van der Waals surface area contributed by atoms with Gasteiger partial charge in [-0.15, -0.1) is 0 Å². The molecule has 1 fully saturated rings. The Kier molecular flexibility index (Phi) is 8.52. The van der Waals surface area contributed by atoms with Crippen LogP contribution in [0.1, 0.15) is 18.4 Å². The van der Waals surface area contributed by atoms with Crippen LogP contribution in [0.25, 0.3) is 0 Å². The minimum Gasteiger partial charge on any atom is -0.497 e. The Bertz CT molecular complexity index is 1150. The number of aliphatic carboxylic acids is 1. The van der Waals surface area contributed by atoms with Crippen LogP contribution in [0.4, 0.5) is 13.2 Å². The number of hydrogen-bond acceptors (Lipinski definition) is 6. The Balaban J connectivity index is 0.000000454. The highest BCUT2D eigenvalue weighted by atomic mass is 32.2. The van der Waals surface area contributed by atoms with E-state index in [4.69, 9.17) is 19.4 Å².